The van der Waals surface area contributed by atoms with Crippen LogP contribution >= 0.6 is 0 Å². The third kappa shape index (κ3) is 3.69. The zero-order chi connectivity index (χ0) is 18.7. The minimum absolute atomic E-state index is 0.147. The van der Waals surface area contributed by atoms with E-state index in [0.717, 1.165) is 5.39 Å². The summed E-state index contributed by atoms with van der Waals surface area (Å²) in [4.78, 5) is 27.1. The van der Waals surface area contributed by atoms with E-state index in [0.29, 0.717) is 40.6 Å². The summed E-state index contributed by atoms with van der Waals surface area (Å²) in [7, 11) is 3.08. The molecule has 0 saturated heterocycles. The normalized spacial score (nSPS) is 10.7. The van der Waals surface area contributed by atoms with Gasteiger partial charge in [0.05, 0.1) is 19.7 Å². The second kappa shape index (κ2) is 7.30. The van der Waals surface area contributed by atoms with Gasteiger partial charge in [-0.25, -0.2) is 0 Å². The predicted octanol–water partition coefficient (Wildman–Crippen LogP) is 2.41. The molecule has 2 aromatic heterocycles. The number of hydrogen-bond donors (Lipinski definition) is 2. The van der Waals surface area contributed by atoms with E-state index in [-0.39, 0.29) is 17.9 Å². The van der Waals surface area contributed by atoms with Crippen LogP contribution in [0, 0.1) is 6.92 Å². The highest BCUT2D eigenvalue weighted by atomic mass is 16.5. The number of aromatic amines is 1. The zero-order valence-corrected chi connectivity index (χ0v) is 14.7. The number of aromatic nitrogens is 2. The number of H-pyrrole nitrogens is 1. The van der Waals surface area contributed by atoms with Gasteiger partial charge in [0.1, 0.15) is 5.76 Å². The molecule has 0 aliphatic rings. The molecule has 0 aliphatic heterocycles. The van der Waals surface area contributed by atoms with Crippen LogP contribution in [0.4, 0.5) is 5.82 Å². The topological polar surface area (TPSA) is 106 Å². The van der Waals surface area contributed by atoms with Crippen LogP contribution in [0.15, 0.2) is 33.6 Å². The Labute approximate surface area is 149 Å². The standard InChI is InChI=1S/C18H19N3O5/c1-10-6-16(21-26-10)20-17(22)5-4-11-7-12-8-14(24-2)15(25-3)9-13(12)19-18(11)23/h6-9H,4-5H2,1-3H3,(H,19,23)(H,20,21,22). The second-order valence-corrected chi connectivity index (χ2v) is 5.79. The number of hydrogen-bond acceptors (Lipinski definition) is 6. The molecule has 8 heteroatoms. The summed E-state index contributed by atoms with van der Waals surface area (Å²) in [5.74, 6) is 1.82. The smallest absolute Gasteiger partial charge is 0.251 e. The van der Waals surface area contributed by atoms with Crippen molar-refractivity contribution in [1.82, 2.24) is 10.1 Å². The first kappa shape index (κ1) is 17.5. The van der Waals surface area contributed by atoms with Crippen molar-refractivity contribution in [3.05, 3.63) is 45.9 Å². The summed E-state index contributed by atoms with van der Waals surface area (Å²) >= 11 is 0. The van der Waals surface area contributed by atoms with Crippen LogP contribution in [0.3, 0.4) is 0 Å². The number of rotatable bonds is 6. The number of ether oxygens (including phenoxy) is 2. The largest absolute Gasteiger partial charge is 0.493 e. The molecule has 1 aromatic carbocycles. The molecule has 3 rings (SSSR count). The molecule has 26 heavy (non-hydrogen) atoms. The monoisotopic (exact) mass is 357 g/mol. The molecular formula is C18H19N3O5. The second-order valence-electron chi connectivity index (χ2n) is 5.79. The fourth-order valence-corrected chi connectivity index (χ4v) is 2.64. The molecule has 0 fully saturated rings. The van der Waals surface area contributed by atoms with Crippen molar-refractivity contribution < 1.29 is 18.8 Å². The van der Waals surface area contributed by atoms with Crippen molar-refractivity contribution in [2.45, 2.75) is 19.8 Å². The first-order valence-electron chi connectivity index (χ1n) is 8.01. The lowest BCUT2D eigenvalue weighted by Crippen LogP contribution is -2.17. The van der Waals surface area contributed by atoms with E-state index < -0.39 is 0 Å². The van der Waals surface area contributed by atoms with Crippen molar-refractivity contribution in [3.63, 3.8) is 0 Å². The number of methoxy groups -OCH3 is 2. The van der Waals surface area contributed by atoms with E-state index in [1.807, 2.05) is 0 Å². The average Bonchev–Trinajstić information content (AvgIpc) is 3.03. The molecule has 3 aromatic rings. The molecule has 0 saturated carbocycles. The van der Waals surface area contributed by atoms with E-state index in [2.05, 4.69) is 15.5 Å². The van der Waals surface area contributed by atoms with E-state index in [1.54, 1.807) is 38.3 Å². The highest BCUT2D eigenvalue weighted by Gasteiger charge is 2.11. The molecule has 0 spiro atoms. The number of carbonyl (C=O) groups is 1. The van der Waals surface area contributed by atoms with Gasteiger partial charge in [-0.15, -0.1) is 0 Å². The maximum atomic E-state index is 12.3. The van der Waals surface area contributed by atoms with Gasteiger partial charge < -0.3 is 24.3 Å². The Hall–Kier alpha value is -3.29. The Morgan fingerprint density at radius 3 is 2.58 bits per heavy atom. The van der Waals surface area contributed by atoms with Crippen LogP contribution in [0.5, 0.6) is 11.5 Å². The zero-order valence-electron chi connectivity index (χ0n) is 14.7. The third-order valence-corrected chi connectivity index (χ3v) is 3.94. The van der Waals surface area contributed by atoms with E-state index in [1.165, 1.54) is 7.11 Å². The lowest BCUT2D eigenvalue weighted by molar-refractivity contribution is -0.116. The molecule has 136 valence electrons. The number of nitrogens with one attached hydrogen (secondary N) is 2. The van der Waals surface area contributed by atoms with Crippen LogP contribution in [-0.2, 0) is 11.2 Å². The Morgan fingerprint density at radius 1 is 1.19 bits per heavy atom. The first-order valence-corrected chi connectivity index (χ1v) is 8.01. The summed E-state index contributed by atoms with van der Waals surface area (Å²) in [6.07, 6.45) is 0.441. The van der Waals surface area contributed by atoms with Gasteiger partial charge in [-0.1, -0.05) is 5.16 Å². The van der Waals surface area contributed by atoms with Gasteiger partial charge in [-0.2, -0.15) is 0 Å². The van der Waals surface area contributed by atoms with Crippen LogP contribution in [-0.4, -0.2) is 30.3 Å². The van der Waals surface area contributed by atoms with Crippen LogP contribution in [0.1, 0.15) is 17.7 Å². The number of anilines is 1. The molecule has 0 bridgehead atoms. The summed E-state index contributed by atoms with van der Waals surface area (Å²) in [6.45, 7) is 1.74. The van der Waals surface area contributed by atoms with Gasteiger partial charge in [0.15, 0.2) is 17.3 Å². The Balaban J connectivity index is 1.78. The fraction of sp³-hybridized carbons (Fsp3) is 0.278. The number of nitrogens with zero attached hydrogens (tertiary/aromatic N) is 1. The molecule has 8 nitrogen and oxygen atoms in total. The summed E-state index contributed by atoms with van der Waals surface area (Å²) < 4.78 is 15.4. The summed E-state index contributed by atoms with van der Waals surface area (Å²) in [5, 5.41) is 7.13. The van der Waals surface area contributed by atoms with Crippen molar-refractivity contribution in [3.8, 4) is 11.5 Å². The van der Waals surface area contributed by atoms with Gasteiger partial charge in [0.2, 0.25) is 5.91 Å². The number of pyridine rings is 1. The number of carbonyl (C=O) groups excluding carboxylic acids is 1. The van der Waals surface area contributed by atoms with Gasteiger partial charge in [-0.3, -0.25) is 9.59 Å². The predicted molar refractivity (Wildman–Crippen MR) is 95.9 cm³/mol. The molecule has 0 aliphatic carbocycles. The first-order chi connectivity index (χ1) is 12.5. The van der Waals surface area contributed by atoms with Crippen LogP contribution in [0.25, 0.3) is 10.9 Å². The molecule has 0 radical (unpaired) electrons. The van der Waals surface area contributed by atoms with Gasteiger partial charge >= 0.3 is 0 Å². The van der Waals surface area contributed by atoms with E-state index in [9.17, 15) is 9.59 Å². The summed E-state index contributed by atoms with van der Waals surface area (Å²) in [5.41, 5.74) is 0.907. The number of benzene rings is 1. The van der Waals surface area contributed by atoms with Gasteiger partial charge in [0.25, 0.3) is 5.56 Å². The molecule has 2 N–H and O–H groups in total. The van der Waals surface area contributed by atoms with Gasteiger partial charge in [0, 0.05) is 29.5 Å². The molecule has 0 unspecified atom stereocenters. The van der Waals surface area contributed by atoms with Crippen LogP contribution < -0.4 is 20.3 Å². The third-order valence-electron chi connectivity index (χ3n) is 3.94. The lowest BCUT2D eigenvalue weighted by atomic mass is 10.1. The van der Waals surface area contributed by atoms with Gasteiger partial charge in [-0.05, 0) is 25.5 Å². The fourth-order valence-electron chi connectivity index (χ4n) is 2.64. The average molecular weight is 357 g/mol. The minimum atomic E-state index is -0.245. The Morgan fingerprint density at radius 2 is 1.92 bits per heavy atom. The molecular weight excluding hydrogens is 338 g/mol. The molecule has 2 heterocycles. The molecule has 1 amide bonds. The maximum Gasteiger partial charge on any atom is 0.251 e. The van der Waals surface area contributed by atoms with E-state index in [4.69, 9.17) is 14.0 Å². The maximum absolute atomic E-state index is 12.3. The number of aryl methyl sites for hydroxylation is 2. The highest BCUT2D eigenvalue weighted by molar-refractivity contribution is 5.90. The lowest BCUT2D eigenvalue weighted by Gasteiger charge is -2.10. The SMILES string of the molecule is COc1cc2cc(CCC(=O)Nc3cc(C)on3)c(=O)[nH]c2cc1OC. The van der Waals surface area contributed by atoms with Crippen LogP contribution in [0.2, 0.25) is 0 Å². The minimum Gasteiger partial charge on any atom is -0.493 e. The Kier molecular flexibility index (Phi) is 4.92. The van der Waals surface area contributed by atoms with Crippen molar-refractivity contribution in [1.29, 1.82) is 0 Å². The Bertz CT molecular complexity index is 1010. The quantitative estimate of drug-likeness (QED) is 0.702. The highest BCUT2D eigenvalue weighted by Crippen LogP contribution is 2.31. The number of fused-ring (bicyclic) bond motifs is 1. The van der Waals surface area contributed by atoms with Crippen molar-refractivity contribution >= 4 is 22.6 Å². The number of amides is 1. The molecule has 0 atom stereocenters. The van der Waals surface area contributed by atoms with E-state index >= 15 is 0 Å². The van der Waals surface area contributed by atoms with Crippen molar-refractivity contribution in [2.75, 3.05) is 19.5 Å². The summed E-state index contributed by atoms with van der Waals surface area (Å²) in [6, 6.07) is 6.87. The van der Waals surface area contributed by atoms with Crippen molar-refractivity contribution in [2.24, 2.45) is 0 Å².